The molecule has 1 heterocycles. The number of para-hydroxylation sites is 1. The summed E-state index contributed by atoms with van der Waals surface area (Å²) < 4.78 is 35.8. The van der Waals surface area contributed by atoms with Crippen LogP contribution in [0.4, 0.5) is 0 Å². The lowest BCUT2D eigenvalue weighted by atomic mass is 9.92. The Morgan fingerprint density at radius 3 is 1.77 bits per heavy atom. The number of ether oxygens (including phenoxy) is 6. The van der Waals surface area contributed by atoms with Gasteiger partial charge in [-0.2, -0.15) is 0 Å². The minimum atomic E-state index is -0.811. The number of hydrogen-bond donors (Lipinski definition) is 0. The number of esters is 4. The molecule has 65 heavy (non-hydrogen) atoms. The first kappa shape index (κ1) is 49.0. The van der Waals surface area contributed by atoms with Crippen LogP contribution in [0, 0.1) is 12.0 Å². The summed E-state index contributed by atoms with van der Waals surface area (Å²) >= 11 is 1.46. The van der Waals surface area contributed by atoms with Crippen LogP contribution < -0.4 is 14.2 Å². The molecule has 0 spiro atoms. The highest BCUT2D eigenvalue weighted by atomic mass is 32.1. The Bertz CT molecular complexity index is 2590. The molecule has 0 atom stereocenters. The molecule has 0 aliphatic carbocycles. The van der Waals surface area contributed by atoms with Crippen LogP contribution in [-0.2, 0) is 30.2 Å². The van der Waals surface area contributed by atoms with Gasteiger partial charge in [-0.1, -0.05) is 31.4 Å². The van der Waals surface area contributed by atoms with Gasteiger partial charge in [-0.05, 0) is 140 Å². The van der Waals surface area contributed by atoms with Crippen LogP contribution in [0.5, 0.6) is 17.2 Å². The number of fused-ring (bicyclic) bond motifs is 1. The molecule has 0 N–H and O–H groups in total. The molecule has 0 aliphatic heterocycles. The van der Waals surface area contributed by atoms with Crippen molar-refractivity contribution in [2.24, 2.45) is 4.99 Å². The van der Waals surface area contributed by atoms with E-state index in [0.717, 1.165) is 27.9 Å². The van der Waals surface area contributed by atoms with Crippen molar-refractivity contribution in [3.63, 3.8) is 0 Å². The van der Waals surface area contributed by atoms with E-state index in [1.807, 2.05) is 52.0 Å². The standard InChI is InChI=1S/C52H54N2O10S/c1-11-45(55)63-51(7,8)33-49(3,4)61-39-22-18-36(19-23-39)47(57)59-30-28-35-17-26-42(38(31-35)32-53-29-27-44-54-41-15-13-14-16-43(41)65-44)60-48(58)37-20-24-40(25-21-37)62-50(5,6)34-52(9,10)64-46(56)12-2/h11-26,31-32H,1-2,28,30,33-34H2,3-10H3. The lowest BCUT2D eigenvalue weighted by molar-refractivity contribution is -0.155. The van der Waals surface area contributed by atoms with Crippen molar-refractivity contribution in [3.8, 4) is 29.2 Å². The molecule has 0 bridgehead atoms. The van der Waals surface area contributed by atoms with E-state index in [1.165, 1.54) is 17.6 Å². The van der Waals surface area contributed by atoms with Crippen LogP contribution in [0.25, 0.3) is 10.2 Å². The third kappa shape index (κ3) is 15.3. The number of benzene rings is 4. The maximum Gasteiger partial charge on any atom is 0.343 e. The van der Waals surface area contributed by atoms with Crippen molar-refractivity contribution >= 4 is 51.6 Å². The van der Waals surface area contributed by atoms with Crippen LogP contribution >= 0.6 is 11.3 Å². The van der Waals surface area contributed by atoms with E-state index in [2.05, 4.69) is 35.1 Å². The monoisotopic (exact) mass is 898 g/mol. The largest absolute Gasteiger partial charge is 0.488 e. The number of nitrogens with zero attached hydrogens (tertiary/aromatic N) is 2. The van der Waals surface area contributed by atoms with Gasteiger partial charge in [-0.25, -0.2) is 29.2 Å². The summed E-state index contributed by atoms with van der Waals surface area (Å²) in [5.74, 6) is 2.12. The molecule has 12 nitrogen and oxygen atoms in total. The fourth-order valence-corrected chi connectivity index (χ4v) is 8.15. The summed E-state index contributed by atoms with van der Waals surface area (Å²) in [7, 11) is 0. The van der Waals surface area contributed by atoms with Crippen molar-refractivity contribution in [3.05, 3.63) is 144 Å². The molecule has 0 aliphatic rings. The van der Waals surface area contributed by atoms with Crippen LogP contribution in [-0.4, -0.2) is 64.1 Å². The van der Waals surface area contributed by atoms with Crippen LogP contribution in [0.3, 0.4) is 0 Å². The van der Waals surface area contributed by atoms with Crippen molar-refractivity contribution in [1.29, 1.82) is 0 Å². The Morgan fingerprint density at radius 1 is 0.692 bits per heavy atom. The van der Waals surface area contributed by atoms with Gasteiger partial charge in [0.1, 0.15) is 39.7 Å². The van der Waals surface area contributed by atoms with Crippen molar-refractivity contribution < 1.29 is 47.6 Å². The number of thiazole rings is 1. The summed E-state index contributed by atoms with van der Waals surface area (Å²) in [6.45, 7) is 21.7. The lowest BCUT2D eigenvalue weighted by Crippen LogP contribution is -2.40. The summed E-state index contributed by atoms with van der Waals surface area (Å²) in [6.07, 6.45) is 4.90. The van der Waals surface area contributed by atoms with Crippen LogP contribution in [0.2, 0.25) is 0 Å². The molecular weight excluding hydrogens is 845 g/mol. The van der Waals surface area contributed by atoms with Crippen molar-refractivity contribution in [1.82, 2.24) is 4.98 Å². The fraction of sp³-hybridized carbons (Fsp3) is 0.308. The van der Waals surface area contributed by atoms with Crippen molar-refractivity contribution in [2.45, 2.75) is 97.1 Å². The Labute approximate surface area is 384 Å². The second-order valence-electron chi connectivity index (χ2n) is 17.5. The number of carbonyl (C=O) groups is 4. The van der Waals surface area contributed by atoms with E-state index < -0.39 is 46.3 Å². The Balaban J connectivity index is 1.24. The molecule has 1 aromatic heterocycles. The first-order chi connectivity index (χ1) is 30.6. The third-order valence-corrected chi connectivity index (χ3v) is 10.3. The zero-order valence-electron chi connectivity index (χ0n) is 38.0. The summed E-state index contributed by atoms with van der Waals surface area (Å²) in [4.78, 5) is 58.9. The molecular formula is C52H54N2O10S. The maximum atomic E-state index is 13.5. The van der Waals surface area contributed by atoms with Gasteiger partial charge in [0, 0.05) is 49.2 Å². The number of carbonyl (C=O) groups excluding carboxylic acids is 4. The number of hydrogen-bond acceptors (Lipinski definition) is 13. The number of rotatable bonds is 19. The molecule has 338 valence electrons. The van der Waals surface area contributed by atoms with Gasteiger partial charge in [-0.15, -0.1) is 11.3 Å². The third-order valence-electron chi connectivity index (χ3n) is 9.38. The minimum absolute atomic E-state index is 0.0679. The van der Waals surface area contributed by atoms with Gasteiger partial charge >= 0.3 is 23.9 Å². The Hall–Kier alpha value is -7.04. The van der Waals surface area contributed by atoms with Crippen LogP contribution in [0.15, 0.2) is 121 Å². The predicted octanol–water partition coefficient (Wildman–Crippen LogP) is 10.5. The molecule has 4 aromatic carbocycles. The number of aromatic nitrogens is 1. The summed E-state index contributed by atoms with van der Waals surface area (Å²) in [5.41, 5.74) is -0.284. The summed E-state index contributed by atoms with van der Waals surface area (Å²) in [5, 5.41) is 0.611. The molecule has 0 saturated heterocycles. The van der Waals surface area contributed by atoms with Gasteiger partial charge < -0.3 is 28.4 Å². The second kappa shape index (κ2) is 21.1. The smallest absolute Gasteiger partial charge is 0.343 e. The quantitative estimate of drug-likeness (QED) is 0.0195. The molecule has 0 radical (unpaired) electrons. The van der Waals surface area contributed by atoms with Crippen molar-refractivity contribution in [2.75, 3.05) is 6.61 Å². The molecule has 5 aromatic rings. The summed E-state index contributed by atoms with van der Waals surface area (Å²) in [6, 6.07) is 28.9. The average molecular weight is 899 g/mol. The van der Waals surface area contributed by atoms with E-state index >= 15 is 0 Å². The molecule has 0 saturated carbocycles. The maximum absolute atomic E-state index is 13.5. The van der Waals surface area contributed by atoms with Gasteiger partial charge in [0.25, 0.3) is 0 Å². The molecule has 5 rings (SSSR count). The average Bonchev–Trinajstić information content (AvgIpc) is 3.65. The van der Waals surface area contributed by atoms with Gasteiger partial charge in [0.2, 0.25) is 0 Å². The first-order valence-corrected chi connectivity index (χ1v) is 21.7. The Morgan fingerprint density at radius 2 is 1.23 bits per heavy atom. The first-order valence-electron chi connectivity index (χ1n) is 20.8. The van der Waals surface area contributed by atoms with E-state index in [4.69, 9.17) is 28.4 Å². The highest BCUT2D eigenvalue weighted by Gasteiger charge is 2.34. The van der Waals surface area contributed by atoms with Crippen LogP contribution in [0.1, 0.15) is 105 Å². The second-order valence-corrected chi connectivity index (χ2v) is 18.6. The topological polar surface area (TPSA) is 149 Å². The zero-order chi connectivity index (χ0) is 47.4. The normalized spacial score (nSPS) is 11.8. The van der Waals surface area contributed by atoms with Gasteiger partial charge in [-0.3, -0.25) is 0 Å². The predicted molar refractivity (Wildman–Crippen MR) is 252 cm³/mol. The number of aliphatic imine (C=N–C) groups is 1. The molecule has 13 heteroatoms. The van der Waals surface area contributed by atoms with E-state index in [1.54, 1.807) is 94.4 Å². The van der Waals surface area contributed by atoms with E-state index in [9.17, 15) is 19.2 Å². The molecule has 0 fully saturated rings. The zero-order valence-corrected chi connectivity index (χ0v) is 38.8. The molecule has 0 unspecified atom stereocenters. The Kier molecular flexibility index (Phi) is 15.9. The van der Waals surface area contributed by atoms with Gasteiger partial charge in [0.15, 0.2) is 5.01 Å². The minimum Gasteiger partial charge on any atom is -0.488 e. The lowest BCUT2D eigenvalue weighted by Gasteiger charge is -2.34. The highest BCUT2D eigenvalue weighted by Crippen LogP contribution is 2.31. The fourth-order valence-electron chi connectivity index (χ4n) is 7.34. The highest BCUT2D eigenvalue weighted by molar-refractivity contribution is 7.19. The van der Waals surface area contributed by atoms with E-state index in [-0.39, 0.29) is 17.9 Å². The van der Waals surface area contributed by atoms with Gasteiger partial charge in [0.05, 0.1) is 28.0 Å². The SMILES string of the molecule is C=CC(=O)OC(C)(C)CC(C)(C)Oc1ccc(C(=O)OCCc2ccc(OC(=O)c3ccc(OC(C)(C)CC(C)(C)OC(=O)C=C)cc3)c(C=NC#Cc3nc4ccccc4s3)c2)cc1. The van der Waals surface area contributed by atoms with E-state index in [0.29, 0.717) is 46.9 Å². The molecule has 0 amide bonds.